The minimum Gasteiger partial charge on any atom is -0.497 e. The van der Waals surface area contributed by atoms with Crippen LogP contribution in [0.2, 0.25) is 0 Å². The van der Waals surface area contributed by atoms with Gasteiger partial charge in [-0.2, -0.15) is 0 Å². The van der Waals surface area contributed by atoms with E-state index in [0.717, 1.165) is 16.9 Å². The third-order valence-corrected chi connectivity index (χ3v) is 4.12. The predicted molar refractivity (Wildman–Crippen MR) is 97.2 cm³/mol. The molecule has 0 spiro atoms. The minimum atomic E-state index is -0.545. The molecule has 2 amide bonds. The highest BCUT2D eigenvalue weighted by Crippen LogP contribution is 2.15. The Bertz CT molecular complexity index is 699. The van der Waals surface area contributed by atoms with Crippen molar-refractivity contribution in [1.82, 2.24) is 10.2 Å². The van der Waals surface area contributed by atoms with E-state index in [1.807, 2.05) is 54.6 Å². The number of nitrogens with zero attached hydrogens (tertiary/aromatic N) is 1. The van der Waals surface area contributed by atoms with E-state index in [1.54, 1.807) is 26.0 Å². The van der Waals surface area contributed by atoms with Gasteiger partial charge in [0.1, 0.15) is 11.8 Å². The van der Waals surface area contributed by atoms with Gasteiger partial charge in [-0.1, -0.05) is 42.5 Å². The molecule has 0 fully saturated rings. The van der Waals surface area contributed by atoms with Crippen molar-refractivity contribution in [2.45, 2.75) is 25.9 Å². The van der Waals surface area contributed by atoms with Crippen LogP contribution in [-0.4, -0.2) is 36.9 Å². The first-order valence-electron chi connectivity index (χ1n) is 8.23. The lowest BCUT2D eigenvalue weighted by molar-refractivity contribution is -0.139. The number of carbonyl (C=O) groups excluding carboxylic acids is 2. The Kier molecular flexibility index (Phi) is 6.57. The molecule has 0 saturated carbocycles. The van der Waals surface area contributed by atoms with Crippen LogP contribution in [0.5, 0.6) is 5.75 Å². The molecule has 0 bridgehead atoms. The minimum absolute atomic E-state index is 0.0925. The normalized spacial score (nSPS) is 11.5. The molecule has 1 N–H and O–H groups in total. The van der Waals surface area contributed by atoms with Gasteiger partial charge >= 0.3 is 0 Å². The van der Waals surface area contributed by atoms with Crippen LogP contribution in [0, 0.1) is 0 Å². The van der Waals surface area contributed by atoms with Crippen molar-refractivity contribution in [3.8, 4) is 5.75 Å². The molecule has 0 saturated heterocycles. The zero-order chi connectivity index (χ0) is 18.2. The first-order chi connectivity index (χ1) is 12.0. The summed E-state index contributed by atoms with van der Waals surface area (Å²) in [7, 11) is 3.18. The Labute approximate surface area is 148 Å². The number of rotatable bonds is 7. The van der Waals surface area contributed by atoms with Gasteiger partial charge in [0, 0.05) is 13.6 Å². The monoisotopic (exact) mass is 340 g/mol. The molecule has 1 atom stereocenters. The Morgan fingerprint density at radius 1 is 1.04 bits per heavy atom. The summed E-state index contributed by atoms with van der Waals surface area (Å²) < 4.78 is 5.14. The second-order valence-corrected chi connectivity index (χ2v) is 5.82. The van der Waals surface area contributed by atoms with Crippen LogP contribution in [0.25, 0.3) is 0 Å². The first kappa shape index (κ1) is 18.5. The van der Waals surface area contributed by atoms with Gasteiger partial charge in [0.05, 0.1) is 13.5 Å². The zero-order valence-electron chi connectivity index (χ0n) is 14.9. The molecule has 2 rings (SSSR count). The van der Waals surface area contributed by atoms with Crippen molar-refractivity contribution in [2.75, 3.05) is 14.2 Å². The maximum absolute atomic E-state index is 12.8. The SMILES string of the molecule is CNC(=O)C(C)N(Cc1ccccc1)C(=O)Cc1ccc(OC)cc1. The maximum atomic E-state index is 12.8. The number of hydrogen-bond donors (Lipinski definition) is 1. The van der Waals surface area contributed by atoms with Gasteiger partial charge in [-0.3, -0.25) is 9.59 Å². The number of amides is 2. The lowest BCUT2D eigenvalue weighted by atomic mass is 10.1. The standard InChI is InChI=1S/C20H24N2O3/c1-15(20(24)21-2)22(14-17-7-5-4-6-8-17)19(23)13-16-9-11-18(25-3)12-10-16/h4-12,15H,13-14H2,1-3H3,(H,21,24). The van der Waals surface area contributed by atoms with E-state index < -0.39 is 6.04 Å². The second-order valence-electron chi connectivity index (χ2n) is 5.82. The fourth-order valence-electron chi connectivity index (χ4n) is 2.59. The molecule has 0 aromatic heterocycles. The van der Waals surface area contributed by atoms with Gasteiger partial charge in [-0.25, -0.2) is 0 Å². The summed E-state index contributed by atoms with van der Waals surface area (Å²) >= 11 is 0. The van der Waals surface area contributed by atoms with Crippen LogP contribution in [-0.2, 0) is 22.6 Å². The molecular formula is C20H24N2O3. The highest BCUT2D eigenvalue weighted by atomic mass is 16.5. The van der Waals surface area contributed by atoms with Crippen LogP contribution in [0.3, 0.4) is 0 Å². The van der Waals surface area contributed by atoms with E-state index in [-0.39, 0.29) is 18.2 Å². The Balaban J connectivity index is 2.17. The molecule has 0 aliphatic carbocycles. The summed E-state index contributed by atoms with van der Waals surface area (Å²) in [5, 5.41) is 2.62. The predicted octanol–water partition coefficient (Wildman–Crippen LogP) is 2.40. The number of nitrogens with one attached hydrogen (secondary N) is 1. The molecule has 5 nitrogen and oxygen atoms in total. The van der Waals surface area contributed by atoms with Crippen LogP contribution >= 0.6 is 0 Å². The first-order valence-corrected chi connectivity index (χ1v) is 8.23. The van der Waals surface area contributed by atoms with Crippen LogP contribution in [0.15, 0.2) is 54.6 Å². The molecule has 0 aliphatic rings. The van der Waals surface area contributed by atoms with E-state index >= 15 is 0 Å². The van der Waals surface area contributed by atoms with E-state index in [0.29, 0.717) is 6.54 Å². The summed E-state index contributed by atoms with van der Waals surface area (Å²) in [6.45, 7) is 2.14. The van der Waals surface area contributed by atoms with E-state index in [9.17, 15) is 9.59 Å². The molecule has 2 aromatic rings. The summed E-state index contributed by atoms with van der Waals surface area (Å²) in [4.78, 5) is 26.5. The van der Waals surface area contributed by atoms with Gasteiger partial charge in [-0.15, -0.1) is 0 Å². The molecule has 25 heavy (non-hydrogen) atoms. The summed E-state index contributed by atoms with van der Waals surface area (Å²) in [6.07, 6.45) is 0.234. The average Bonchev–Trinajstić information content (AvgIpc) is 2.66. The van der Waals surface area contributed by atoms with Crippen molar-refractivity contribution in [2.24, 2.45) is 0 Å². The Morgan fingerprint density at radius 3 is 2.24 bits per heavy atom. The molecule has 2 aromatic carbocycles. The quantitative estimate of drug-likeness (QED) is 0.842. The molecule has 1 unspecified atom stereocenters. The highest BCUT2D eigenvalue weighted by Gasteiger charge is 2.25. The largest absolute Gasteiger partial charge is 0.497 e. The summed E-state index contributed by atoms with van der Waals surface area (Å²) in [5.74, 6) is 0.472. The van der Waals surface area contributed by atoms with Crippen LogP contribution in [0.4, 0.5) is 0 Å². The smallest absolute Gasteiger partial charge is 0.242 e. The molecule has 0 heterocycles. The number of ether oxygens (including phenoxy) is 1. The van der Waals surface area contributed by atoms with Crippen molar-refractivity contribution in [3.05, 3.63) is 65.7 Å². The summed E-state index contributed by atoms with van der Waals surface area (Å²) in [6, 6.07) is 16.5. The third kappa shape index (κ3) is 5.08. The fourth-order valence-corrected chi connectivity index (χ4v) is 2.59. The molecule has 0 aliphatic heterocycles. The van der Waals surface area contributed by atoms with E-state index in [1.165, 1.54) is 0 Å². The maximum Gasteiger partial charge on any atom is 0.242 e. The molecule has 0 radical (unpaired) electrons. The molecular weight excluding hydrogens is 316 g/mol. The van der Waals surface area contributed by atoms with Crippen LogP contribution < -0.4 is 10.1 Å². The number of benzene rings is 2. The topological polar surface area (TPSA) is 58.6 Å². The lowest BCUT2D eigenvalue weighted by Gasteiger charge is -2.28. The van der Waals surface area contributed by atoms with Gasteiger partial charge in [0.25, 0.3) is 0 Å². The number of carbonyl (C=O) groups is 2. The van der Waals surface area contributed by atoms with Gasteiger partial charge in [0.15, 0.2) is 0 Å². The number of likely N-dealkylation sites (N-methyl/N-ethyl adjacent to an activating group) is 1. The molecule has 5 heteroatoms. The Hall–Kier alpha value is -2.82. The average molecular weight is 340 g/mol. The van der Waals surface area contributed by atoms with Crippen molar-refractivity contribution in [3.63, 3.8) is 0 Å². The van der Waals surface area contributed by atoms with Crippen molar-refractivity contribution < 1.29 is 14.3 Å². The highest BCUT2D eigenvalue weighted by molar-refractivity contribution is 5.88. The fraction of sp³-hybridized carbons (Fsp3) is 0.300. The van der Waals surface area contributed by atoms with Gasteiger partial charge < -0.3 is 15.0 Å². The third-order valence-electron chi connectivity index (χ3n) is 4.12. The van der Waals surface area contributed by atoms with Crippen LogP contribution in [0.1, 0.15) is 18.1 Å². The number of methoxy groups -OCH3 is 1. The summed E-state index contributed by atoms with van der Waals surface area (Å²) in [5.41, 5.74) is 1.87. The van der Waals surface area contributed by atoms with E-state index in [2.05, 4.69) is 5.32 Å². The van der Waals surface area contributed by atoms with Gasteiger partial charge in [0.2, 0.25) is 11.8 Å². The van der Waals surface area contributed by atoms with E-state index in [4.69, 9.17) is 4.74 Å². The van der Waals surface area contributed by atoms with Crippen molar-refractivity contribution >= 4 is 11.8 Å². The zero-order valence-corrected chi connectivity index (χ0v) is 14.9. The lowest BCUT2D eigenvalue weighted by Crippen LogP contribution is -2.47. The Morgan fingerprint density at radius 2 is 1.68 bits per heavy atom. The second kappa shape index (κ2) is 8.87. The van der Waals surface area contributed by atoms with Crippen molar-refractivity contribution in [1.29, 1.82) is 0 Å². The number of hydrogen-bond acceptors (Lipinski definition) is 3. The van der Waals surface area contributed by atoms with Gasteiger partial charge in [-0.05, 0) is 30.2 Å². The molecule has 132 valence electrons.